The van der Waals surface area contributed by atoms with Crippen LogP contribution < -0.4 is 21.1 Å². The number of H-pyrrole nitrogens is 1. The van der Waals surface area contributed by atoms with Crippen molar-refractivity contribution in [3.05, 3.63) is 76.3 Å². The molecule has 0 saturated carbocycles. The van der Waals surface area contributed by atoms with E-state index in [1.165, 1.54) is 31.2 Å². The number of carbonyl (C=O) groups is 2. The second-order valence-corrected chi connectivity index (χ2v) is 5.73. The molecule has 0 bridgehead atoms. The van der Waals surface area contributed by atoms with Gasteiger partial charge in [-0.15, -0.1) is 0 Å². The lowest BCUT2D eigenvalue weighted by Gasteiger charge is -2.15. The smallest absolute Gasteiger partial charge is 0.279 e. The molecular weight excluding hydrogens is 353 g/mol. The second kappa shape index (κ2) is 7.69. The summed E-state index contributed by atoms with van der Waals surface area (Å²) in [4.78, 5) is 38.9. The maximum Gasteiger partial charge on any atom is 0.279 e. The number of amides is 2. The van der Waals surface area contributed by atoms with E-state index < -0.39 is 29.3 Å². The zero-order chi connectivity index (χ0) is 19.4. The molecule has 3 N–H and O–H groups in total. The van der Waals surface area contributed by atoms with Crippen molar-refractivity contribution in [2.45, 2.75) is 13.0 Å². The fraction of sp³-hybridized carbons (Fsp3) is 0.105. The van der Waals surface area contributed by atoms with Gasteiger partial charge in [0, 0.05) is 5.52 Å². The number of carbonyl (C=O) groups excluding carboxylic acids is 2. The summed E-state index contributed by atoms with van der Waals surface area (Å²) in [6.45, 7) is 1.40. The second-order valence-electron chi connectivity index (χ2n) is 5.73. The Kier molecular flexibility index (Phi) is 5.16. The number of ether oxygens (including phenoxy) is 1. The summed E-state index contributed by atoms with van der Waals surface area (Å²) in [5.74, 6) is -2.18. The van der Waals surface area contributed by atoms with E-state index in [2.05, 4.69) is 15.8 Å². The van der Waals surface area contributed by atoms with Crippen LogP contribution in [0.15, 0.2) is 59.4 Å². The third-order valence-electron chi connectivity index (χ3n) is 3.81. The van der Waals surface area contributed by atoms with Gasteiger partial charge in [-0.05, 0) is 36.6 Å². The number of rotatable bonds is 4. The molecule has 1 unspecified atom stereocenters. The van der Waals surface area contributed by atoms with Gasteiger partial charge in [-0.1, -0.05) is 30.3 Å². The van der Waals surface area contributed by atoms with E-state index in [9.17, 15) is 18.8 Å². The first-order chi connectivity index (χ1) is 13.0. The fourth-order valence-electron chi connectivity index (χ4n) is 2.39. The van der Waals surface area contributed by atoms with E-state index in [4.69, 9.17) is 4.74 Å². The Balaban J connectivity index is 1.65. The summed E-state index contributed by atoms with van der Waals surface area (Å²) in [6, 6.07) is 14.0. The van der Waals surface area contributed by atoms with Crippen molar-refractivity contribution in [1.82, 2.24) is 15.8 Å². The summed E-state index contributed by atoms with van der Waals surface area (Å²) >= 11 is 0. The molecule has 27 heavy (non-hydrogen) atoms. The third kappa shape index (κ3) is 4.12. The average molecular weight is 369 g/mol. The summed E-state index contributed by atoms with van der Waals surface area (Å²) in [7, 11) is 0. The van der Waals surface area contributed by atoms with Crippen molar-refractivity contribution < 1.29 is 18.7 Å². The van der Waals surface area contributed by atoms with Crippen molar-refractivity contribution in [3.8, 4) is 5.75 Å². The minimum absolute atomic E-state index is 0.0857. The Bertz CT molecular complexity index is 1060. The number of para-hydroxylation sites is 2. The molecule has 1 atom stereocenters. The normalized spacial score (nSPS) is 11.6. The molecule has 3 aromatic rings. The number of fused-ring (bicyclic) bond motifs is 1. The first kappa shape index (κ1) is 18.1. The van der Waals surface area contributed by atoms with Crippen LogP contribution in [0.5, 0.6) is 5.75 Å². The highest BCUT2D eigenvalue weighted by atomic mass is 19.1. The lowest BCUT2D eigenvalue weighted by atomic mass is 10.1. The Labute approximate surface area is 153 Å². The summed E-state index contributed by atoms with van der Waals surface area (Å²) in [6.07, 6.45) is -1.07. The maximum atomic E-state index is 13.6. The first-order valence-electron chi connectivity index (χ1n) is 8.09. The molecule has 8 heteroatoms. The number of aromatic nitrogens is 1. The van der Waals surface area contributed by atoms with E-state index in [0.29, 0.717) is 10.9 Å². The van der Waals surface area contributed by atoms with Crippen LogP contribution in [0.1, 0.15) is 17.3 Å². The summed E-state index contributed by atoms with van der Waals surface area (Å²) in [5, 5.41) is 0.671. The number of hydrazine groups is 1. The molecule has 1 aromatic heterocycles. The predicted molar refractivity (Wildman–Crippen MR) is 96.7 cm³/mol. The molecule has 0 aliphatic rings. The number of hydrogen-bond acceptors (Lipinski definition) is 4. The monoisotopic (exact) mass is 369 g/mol. The topological polar surface area (TPSA) is 100 Å². The van der Waals surface area contributed by atoms with Crippen molar-refractivity contribution in [2.24, 2.45) is 0 Å². The van der Waals surface area contributed by atoms with Crippen LogP contribution in [0.4, 0.5) is 4.39 Å². The molecule has 2 amide bonds. The van der Waals surface area contributed by atoms with E-state index in [1.54, 1.807) is 30.3 Å². The molecule has 0 saturated heterocycles. The van der Waals surface area contributed by atoms with Gasteiger partial charge >= 0.3 is 0 Å². The quantitative estimate of drug-likeness (QED) is 0.612. The molecule has 0 fully saturated rings. The molecular formula is C19H16FN3O4. The number of aromatic amines is 1. The number of nitrogens with one attached hydrogen (secondary N) is 3. The number of pyridine rings is 1. The highest BCUT2D eigenvalue weighted by molar-refractivity contribution is 5.98. The Morgan fingerprint density at radius 2 is 1.78 bits per heavy atom. The van der Waals surface area contributed by atoms with Gasteiger partial charge in [0.15, 0.2) is 17.7 Å². The van der Waals surface area contributed by atoms with E-state index >= 15 is 0 Å². The fourth-order valence-corrected chi connectivity index (χ4v) is 2.39. The standard InChI is InChI=1S/C19H16FN3O4/c1-11(27-16-9-5-3-7-14(16)20)17(24)22-23-19(26)13-10-12-6-2-4-8-15(12)21-18(13)25/h2-11H,1H3,(H,21,25)(H,22,24)(H,23,26). The molecule has 0 aliphatic carbocycles. The highest BCUT2D eigenvalue weighted by Gasteiger charge is 2.18. The van der Waals surface area contributed by atoms with Crippen LogP contribution >= 0.6 is 0 Å². The first-order valence-corrected chi connectivity index (χ1v) is 8.09. The lowest BCUT2D eigenvalue weighted by Crippen LogP contribution is -2.48. The molecule has 2 aromatic carbocycles. The molecule has 0 spiro atoms. The number of hydrogen-bond donors (Lipinski definition) is 3. The van der Waals surface area contributed by atoms with Gasteiger partial charge in [-0.2, -0.15) is 0 Å². The van der Waals surface area contributed by atoms with Gasteiger partial charge in [-0.3, -0.25) is 25.2 Å². The Hall–Kier alpha value is -3.68. The molecule has 138 valence electrons. The van der Waals surface area contributed by atoms with Crippen LogP contribution in [0.2, 0.25) is 0 Å². The van der Waals surface area contributed by atoms with Gasteiger partial charge < -0.3 is 9.72 Å². The lowest BCUT2D eigenvalue weighted by molar-refractivity contribution is -0.128. The van der Waals surface area contributed by atoms with E-state index in [1.807, 2.05) is 0 Å². The van der Waals surface area contributed by atoms with Crippen LogP contribution in [0, 0.1) is 5.82 Å². The average Bonchev–Trinajstić information content (AvgIpc) is 2.67. The Morgan fingerprint density at radius 1 is 1.07 bits per heavy atom. The largest absolute Gasteiger partial charge is 0.478 e. The van der Waals surface area contributed by atoms with Crippen LogP contribution in [-0.2, 0) is 4.79 Å². The van der Waals surface area contributed by atoms with E-state index in [-0.39, 0.29) is 11.3 Å². The predicted octanol–water partition coefficient (Wildman–Crippen LogP) is 1.90. The molecule has 1 heterocycles. The zero-order valence-electron chi connectivity index (χ0n) is 14.3. The van der Waals surface area contributed by atoms with Crippen molar-refractivity contribution in [1.29, 1.82) is 0 Å². The molecule has 0 radical (unpaired) electrons. The highest BCUT2D eigenvalue weighted by Crippen LogP contribution is 2.17. The van der Waals surface area contributed by atoms with Gasteiger partial charge in [0.25, 0.3) is 17.4 Å². The van der Waals surface area contributed by atoms with Gasteiger partial charge in [-0.25, -0.2) is 4.39 Å². The minimum Gasteiger partial charge on any atom is -0.478 e. The molecule has 3 rings (SSSR count). The Morgan fingerprint density at radius 3 is 2.56 bits per heavy atom. The third-order valence-corrected chi connectivity index (χ3v) is 3.81. The van der Waals surface area contributed by atoms with Gasteiger partial charge in [0.1, 0.15) is 5.56 Å². The van der Waals surface area contributed by atoms with E-state index in [0.717, 1.165) is 0 Å². The SMILES string of the molecule is CC(Oc1ccccc1F)C(=O)NNC(=O)c1cc2ccccc2[nH]c1=O. The van der Waals surface area contributed by atoms with Crippen LogP contribution in [-0.4, -0.2) is 22.9 Å². The number of halogens is 1. The molecule has 7 nitrogen and oxygen atoms in total. The summed E-state index contributed by atoms with van der Waals surface area (Å²) < 4.78 is 18.8. The maximum absolute atomic E-state index is 13.6. The molecule has 0 aliphatic heterocycles. The van der Waals surface area contributed by atoms with Crippen molar-refractivity contribution >= 4 is 22.7 Å². The van der Waals surface area contributed by atoms with Gasteiger partial charge in [0.05, 0.1) is 0 Å². The zero-order valence-corrected chi connectivity index (χ0v) is 14.3. The van der Waals surface area contributed by atoms with Crippen molar-refractivity contribution in [2.75, 3.05) is 0 Å². The van der Waals surface area contributed by atoms with Crippen LogP contribution in [0.25, 0.3) is 10.9 Å². The van der Waals surface area contributed by atoms with Gasteiger partial charge in [0.2, 0.25) is 0 Å². The summed E-state index contributed by atoms with van der Waals surface area (Å²) in [5.41, 5.74) is 4.16. The van der Waals surface area contributed by atoms with Crippen molar-refractivity contribution in [3.63, 3.8) is 0 Å². The van der Waals surface area contributed by atoms with Crippen LogP contribution in [0.3, 0.4) is 0 Å². The minimum atomic E-state index is -1.07. The number of benzene rings is 2.